The number of hydrogen-bond donors (Lipinski definition) is 3. The molecule has 1 aromatic heterocycles. The fourth-order valence-corrected chi connectivity index (χ4v) is 4.73. The Balaban J connectivity index is 1.37. The zero-order valence-corrected chi connectivity index (χ0v) is 16.2. The van der Waals surface area contributed by atoms with Crippen LogP contribution in [0.25, 0.3) is 0 Å². The Morgan fingerprint density at radius 1 is 1.10 bits per heavy atom. The van der Waals surface area contributed by atoms with Crippen LogP contribution in [0.5, 0.6) is 0 Å². The number of amides is 2. The van der Waals surface area contributed by atoms with Crippen LogP contribution in [0.2, 0.25) is 0 Å². The number of carbonyl (C=O) groups is 2. The summed E-state index contributed by atoms with van der Waals surface area (Å²) in [5.74, 6) is 0.0112. The van der Waals surface area contributed by atoms with E-state index in [0.29, 0.717) is 35.3 Å². The van der Waals surface area contributed by atoms with Gasteiger partial charge in [-0.1, -0.05) is 6.07 Å². The van der Waals surface area contributed by atoms with Crippen molar-refractivity contribution in [3.63, 3.8) is 0 Å². The van der Waals surface area contributed by atoms with E-state index in [1.807, 2.05) is 9.47 Å². The molecule has 0 spiro atoms. The number of rotatable bonds is 4. The van der Waals surface area contributed by atoms with Gasteiger partial charge in [0.15, 0.2) is 0 Å². The zero-order valence-electron chi connectivity index (χ0n) is 16.2. The van der Waals surface area contributed by atoms with Crippen LogP contribution in [0.4, 0.5) is 11.4 Å². The minimum Gasteiger partial charge on any atom is -0.397 e. The molecule has 2 saturated carbocycles. The zero-order chi connectivity index (χ0) is 20.2. The van der Waals surface area contributed by atoms with E-state index < -0.39 is 5.54 Å². The topological polar surface area (TPSA) is 132 Å². The third kappa shape index (κ3) is 3.01. The van der Waals surface area contributed by atoms with Crippen LogP contribution in [-0.4, -0.2) is 49.6 Å². The van der Waals surface area contributed by atoms with Crippen molar-refractivity contribution in [3.05, 3.63) is 35.9 Å². The minimum absolute atomic E-state index is 0.126. The summed E-state index contributed by atoms with van der Waals surface area (Å²) in [5.41, 5.74) is 12.6. The Labute approximate surface area is 168 Å². The van der Waals surface area contributed by atoms with E-state index in [2.05, 4.69) is 15.5 Å². The summed E-state index contributed by atoms with van der Waals surface area (Å²) in [7, 11) is 0. The summed E-state index contributed by atoms with van der Waals surface area (Å²) in [5, 5.41) is 11.1. The molecule has 6 rings (SSSR count). The monoisotopic (exact) mass is 395 g/mol. The normalized spacial score (nSPS) is 25.8. The van der Waals surface area contributed by atoms with Crippen molar-refractivity contribution in [2.75, 3.05) is 18.0 Å². The summed E-state index contributed by atoms with van der Waals surface area (Å²) in [4.78, 5) is 28.1. The van der Waals surface area contributed by atoms with Gasteiger partial charge in [-0.2, -0.15) is 0 Å². The summed E-state index contributed by atoms with van der Waals surface area (Å²) in [6.45, 7) is 0.466. The number of benzene rings is 1. The molecule has 0 atom stereocenters. The van der Waals surface area contributed by atoms with Gasteiger partial charge in [0.1, 0.15) is 6.33 Å². The largest absolute Gasteiger partial charge is 0.397 e. The first kappa shape index (κ1) is 18.0. The highest BCUT2D eigenvalue weighted by Gasteiger charge is 2.48. The van der Waals surface area contributed by atoms with Crippen molar-refractivity contribution in [1.29, 1.82) is 0 Å². The summed E-state index contributed by atoms with van der Waals surface area (Å²) < 4.78 is 1.86. The van der Waals surface area contributed by atoms with Crippen LogP contribution >= 0.6 is 0 Å². The van der Waals surface area contributed by atoms with Gasteiger partial charge < -0.3 is 26.3 Å². The SMILES string of the molecule is Nc1cccc(C(=O)N2CC3(NC(=O)c4nncn4C4CC4)CCC2CC3)c1N. The van der Waals surface area contributed by atoms with E-state index in [-0.39, 0.29) is 17.9 Å². The molecule has 2 bridgehead atoms. The van der Waals surface area contributed by atoms with E-state index >= 15 is 0 Å². The second-order valence-corrected chi connectivity index (χ2v) is 8.50. The van der Waals surface area contributed by atoms with Crippen LogP contribution in [0, 0.1) is 0 Å². The number of anilines is 2. The fraction of sp³-hybridized carbons (Fsp3) is 0.500. The van der Waals surface area contributed by atoms with Gasteiger partial charge in [0.05, 0.1) is 22.5 Å². The smallest absolute Gasteiger partial charge is 0.289 e. The molecule has 1 aromatic carbocycles. The lowest BCUT2D eigenvalue weighted by atomic mass is 9.73. The van der Waals surface area contributed by atoms with Crippen molar-refractivity contribution >= 4 is 23.2 Å². The number of nitrogens with two attached hydrogens (primary N) is 2. The molecule has 2 saturated heterocycles. The highest BCUT2D eigenvalue weighted by Crippen LogP contribution is 2.40. The molecule has 4 fully saturated rings. The molecule has 2 aliphatic carbocycles. The van der Waals surface area contributed by atoms with Gasteiger partial charge in [-0.05, 0) is 50.7 Å². The summed E-state index contributed by atoms with van der Waals surface area (Å²) in [6, 6.07) is 5.63. The third-order valence-electron chi connectivity index (χ3n) is 6.55. The lowest BCUT2D eigenvalue weighted by Crippen LogP contribution is -2.66. The van der Waals surface area contributed by atoms with Crippen LogP contribution in [0.1, 0.15) is 65.5 Å². The van der Waals surface area contributed by atoms with Gasteiger partial charge in [0.25, 0.3) is 11.8 Å². The van der Waals surface area contributed by atoms with Crippen molar-refractivity contribution in [1.82, 2.24) is 25.0 Å². The molecule has 3 heterocycles. The average molecular weight is 395 g/mol. The van der Waals surface area contributed by atoms with E-state index in [4.69, 9.17) is 11.5 Å². The second kappa shape index (κ2) is 6.47. The number of nitrogens with one attached hydrogen (secondary N) is 1. The first-order valence-corrected chi connectivity index (χ1v) is 10.1. The lowest BCUT2D eigenvalue weighted by molar-refractivity contribution is 0.0115. The van der Waals surface area contributed by atoms with Crippen molar-refractivity contribution < 1.29 is 9.59 Å². The molecule has 2 aliphatic heterocycles. The number of nitrogens with zero attached hydrogens (tertiary/aromatic N) is 4. The maximum Gasteiger partial charge on any atom is 0.289 e. The van der Waals surface area contributed by atoms with Crippen LogP contribution in [0.15, 0.2) is 24.5 Å². The quantitative estimate of drug-likeness (QED) is 0.670. The van der Waals surface area contributed by atoms with Gasteiger partial charge >= 0.3 is 0 Å². The second-order valence-electron chi connectivity index (χ2n) is 8.50. The maximum absolute atomic E-state index is 13.2. The summed E-state index contributed by atoms with van der Waals surface area (Å²) in [6.07, 6.45) is 7.12. The molecule has 29 heavy (non-hydrogen) atoms. The Morgan fingerprint density at radius 2 is 1.86 bits per heavy atom. The van der Waals surface area contributed by atoms with Crippen molar-refractivity contribution in [2.24, 2.45) is 0 Å². The highest BCUT2D eigenvalue weighted by atomic mass is 16.2. The lowest BCUT2D eigenvalue weighted by Gasteiger charge is -2.53. The molecular formula is C20H25N7O2. The third-order valence-corrected chi connectivity index (χ3v) is 6.55. The predicted molar refractivity (Wildman–Crippen MR) is 107 cm³/mol. The minimum atomic E-state index is -0.448. The van der Waals surface area contributed by atoms with Crippen LogP contribution in [0.3, 0.4) is 0 Å². The van der Waals surface area contributed by atoms with Crippen LogP contribution in [-0.2, 0) is 0 Å². The van der Waals surface area contributed by atoms with Gasteiger partial charge in [-0.15, -0.1) is 10.2 Å². The highest BCUT2D eigenvalue weighted by molar-refractivity contribution is 6.02. The molecule has 9 nitrogen and oxygen atoms in total. The van der Waals surface area contributed by atoms with Gasteiger partial charge in [0.2, 0.25) is 5.82 Å². The molecule has 5 N–H and O–H groups in total. The number of nitrogen functional groups attached to an aromatic ring is 2. The van der Waals surface area contributed by atoms with E-state index in [1.165, 1.54) is 0 Å². The van der Waals surface area contributed by atoms with Crippen LogP contribution < -0.4 is 16.8 Å². The van der Waals surface area contributed by atoms with Crippen molar-refractivity contribution in [3.8, 4) is 0 Å². The molecule has 4 aliphatic rings. The number of para-hydroxylation sites is 1. The van der Waals surface area contributed by atoms with E-state index in [9.17, 15) is 9.59 Å². The van der Waals surface area contributed by atoms with Crippen molar-refractivity contribution in [2.45, 2.75) is 56.1 Å². The first-order valence-electron chi connectivity index (χ1n) is 10.1. The number of piperidine rings is 2. The maximum atomic E-state index is 13.2. The molecule has 9 heteroatoms. The fourth-order valence-electron chi connectivity index (χ4n) is 4.73. The molecule has 2 amide bonds. The Morgan fingerprint density at radius 3 is 2.59 bits per heavy atom. The number of carbonyl (C=O) groups excluding carboxylic acids is 2. The standard InChI is InChI=1S/C20H25N7O2/c21-15-3-1-2-14(16(15)22)19(29)26-10-20(8-6-13(26)7-9-20)24-18(28)17-25-23-11-27(17)12-4-5-12/h1-3,11-13H,4-10,21-22H2,(H,24,28). The predicted octanol–water partition coefficient (Wildman–Crippen LogP) is 1.34. The van der Waals surface area contributed by atoms with Gasteiger partial charge in [-0.3, -0.25) is 9.59 Å². The Bertz CT molecular complexity index is 973. The molecule has 2 aromatic rings. The molecule has 152 valence electrons. The Kier molecular flexibility index (Phi) is 4.01. The van der Waals surface area contributed by atoms with E-state index in [1.54, 1.807) is 24.5 Å². The number of aromatic nitrogens is 3. The molecular weight excluding hydrogens is 370 g/mol. The Hall–Kier alpha value is -3.10. The number of hydrogen-bond acceptors (Lipinski definition) is 6. The van der Waals surface area contributed by atoms with E-state index in [0.717, 1.165) is 38.5 Å². The van der Waals surface area contributed by atoms with Gasteiger partial charge in [-0.25, -0.2) is 0 Å². The average Bonchev–Trinajstić information content (AvgIpc) is 3.46. The molecule has 0 unspecified atom stereocenters. The molecule has 0 radical (unpaired) electrons. The first-order chi connectivity index (χ1) is 14.0. The number of fused-ring (bicyclic) bond motifs is 3. The summed E-state index contributed by atoms with van der Waals surface area (Å²) >= 11 is 0. The van der Waals surface area contributed by atoms with Gasteiger partial charge in [0, 0.05) is 18.6 Å².